The second kappa shape index (κ2) is 13.5. The van der Waals surface area contributed by atoms with Crippen molar-refractivity contribution in [1.29, 1.82) is 0 Å². The summed E-state index contributed by atoms with van der Waals surface area (Å²) in [6.07, 6.45) is 14.9. The van der Waals surface area contributed by atoms with Crippen LogP contribution in [0.25, 0.3) is 0 Å². The molecule has 3 unspecified atom stereocenters. The van der Waals surface area contributed by atoms with Crippen LogP contribution in [0, 0.1) is 17.8 Å². The van der Waals surface area contributed by atoms with Gasteiger partial charge in [0.15, 0.2) is 0 Å². The monoisotopic (exact) mass is 360 g/mol. The zero-order valence-electron chi connectivity index (χ0n) is 15.7. The average Bonchev–Trinajstić information content (AvgIpc) is 2.63. The van der Waals surface area contributed by atoms with Crippen LogP contribution in [-0.2, 0) is 4.79 Å². The lowest BCUT2D eigenvalue weighted by molar-refractivity contribution is -0.117. The van der Waals surface area contributed by atoms with Gasteiger partial charge in [-0.05, 0) is 56.8 Å². The number of aliphatic hydroxyl groups excluding tert-OH is 3. The summed E-state index contributed by atoms with van der Waals surface area (Å²) in [6, 6.07) is 0. The number of carbonyl (C=O) groups is 1. The van der Waals surface area contributed by atoms with Crippen molar-refractivity contribution in [3.8, 4) is 11.8 Å². The Morgan fingerprint density at radius 2 is 1.73 bits per heavy atom. The summed E-state index contributed by atoms with van der Waals surface area (Å²) in [7, 11) is 0. The van der Waals surface area contributed by atoms with Crippen LogP contribution in [0.3, 0.4) is 0 Å². The summed E-state index contributed by atoms with van der Waals surface area (Å²) >= 11 is 0. The van der Waals surface area contributed by atoms with Crippen LogP contribution in [-0.4, -0.2) is 39.4 Å². The smallest absolute Gasteiger partial charge is 0.129 e. The highest BCUT2D eigenvalue weighted by molar-refractivity contribution is 5.75. The molecule has 1 rings (SSSR count). The number of allylic oxidation sites excluding steroid dienone is 4. The van der Waals surface area contributed by atoms with E-state index in [0.717, 1.165) is 12.8 Å². The molecule has 1 fully saturated rings. The van der Waals surface area contributed by atoms with E-state index in [4.69, 9.17) is 0 Å². The normalized spacial score (nSPS) is 19.5. The van der Waals surface area contributed by atoms with Gasteiger partial charge in [0.25, 0.3) is 0 Å². The van der Waals surface area contributed by atoms with Gasteiger partial charge in [-0.2, -0.15) is 0 Å². The lowest BCUT2D eigenvalue weighted by Gasteiger charge is -2.24. The number of hydrogen-bond acceptors (Lipinski definition) is 4. The molecular weight excluding hydrogens is 328 g/mol. The first-order valence-corrected chi connectivity index (χ1v) is 9.55. The Labute approximate surface area is 157 Å². The first-order valence-electron chi connectivity index (χ1n) is 9.55. The van der Waals surface area contributed by atoms with Crippen LogP contribution < -0.4 is 0 Å². The second-order valence-electron chi connectivity index (χ2n) is 6.93. The third-order valence-corrected chi connectivity index (χ3v) is 4.61. The highest BCUT2D eigenvalue weighted by Gasteiger charge is 2.19. The first kappa shape index (κ1) is 22.4. The summed E-state index contributed by atoms with van der Waals surface area (Å²) in [5, 5.41) is 29.6. The molecule has 0 amide bonds. The van der Waals surface area contributed by atoms with E-state index in [1.807, 2.05) is 0 Å². The number of aliphatic hydroxyl groups is 3. The maximum Gasteiger partial charge on any atom is 0.129 e. The van der Waals surface area contributed by atoms with Gasteiger partial charge >= 0.3 is 0 Å². The van der Waals surface area contributed by atoms with E-state index in [-0.39, 0.29) is 5.78 Å². The Balaban J connectivity index is 2.26. The van der Waals surface area contributed by atoms with E-state index in [9.17, 15) is 20.1 Å². The Morgan fingerprint density at radius 1 is 1.04 bits per heavy atom. The van der Waals surface area contributed by atoms with Gasteiger partial charge in [-0.25, -0.2) is 0 Å². The van der Waals surface area contributed by atoms with Crippen molar-refractivity contribution < 1.29 is 20.1 Å². The van der Waals surface area contributed by atoms with E-state index in [1.165, 1.54) is 32.3 Å². The summed E-state index contributed by atoms with van der Waals surface area (Å²) in [5.74, 6) is 6.13. The molecule has 0 aromatic heterocycles. The molecule has 1 aliphatic rings. The van der Waals surface area contributed by atoms with Crippen molar-refractivity contribution in [2.75, 3.05) is 0 Å². The van der Waals surface area contributed by atoms with Gasteiger partial charge in [0.05, 0.1) is 18.3 Å². The Kier molecular flexibility index (Phi) is 11.6. The fourth-order valence-electron chi connectivity index (χ4n) is 3.02. The van der Waals surface area contributed by atoms with Gasteiger partial charge in [-0.3, -0.25) is 0 Å². The van der Waals surface area contributed by atoms with E-state index in [2.05, 4.69) is 11.8 Å². The largest absolute Gasteiger partial charge is 0.390 e. The van der Waals surface area contributed by atoms with Crippen molar-refractivity contribution >= 4 is 5.78 Å². The quantitative estimate of drug-likeness (QED) is 0.436. The van der Waals surface area contributed by atoms with Gasteiger partial charge < -0.3 is 20.1 Å². The molecule has 0 aromatic rings. The fraction of sp³-hybridized carbons (Fsp3) is 0.591. The van der Waals surface area contributed by atoms with Gasteiger partial charge in [-0.1, -0.05) is 49.3 Å². The topological polar surface area (TPSA) is 77.8 Å². The number of hydrogen-bond donors (Lipinski definition) is 3. The average molecular weight is 360 g/mol. The Bertz CT molecular complexity index is 544. The standard InChI is InChI=1S/C22H32O4/c1-18(23)12-11-17-22(26)21(25)16-10-5-3-2-4-9-15-20(24)19-13-7-6-8-14-19/h3,5,9-10,15-16,19-22,24-26H,6-8,11-14,17H2,1H3/b5-3+,15-9+,16-10+. The highest BCUT2D eigenvalue weighted by atomic mass is 16.3. The second-order valence-corrected chi connectivity index (χ2v) is 6.93. The SMILES string of the molecule is CC(=O)CCCC(O)C(O)/C=C/C=C/C#C/C=C/C(O)C1CCCCC1. The van der Waals surface area contributed by atoms with Gasteiger partial charge in [-0.15, -0.1) is 0 Å². The maximum absolute atomic E-state index is 10.8. The molecule has 4 nitrogen and oxygen atoms in total. The van der Waals surface area contributed by atoms with E-state index < -0.39 is 18.3 Å². The Hall–Kier alpha value is -1.67. The molecule has 0 saturated heterocycles. The fourth-order valence-corrected chi connectivity index (χ4v) is 3.02. The predicted molar refractivity (Wildman–Crippen MR) is 104 cm³/mol. The molecule has 0 heterocycles. The number of ketones is 1. The molecule has 0 aliphatic heterocycles. The molecule has 144 valence electrons. The van der Waals surface area contributed by atoms with Crippen LogP contribution in [0.4, 0.5) is 0 Å². The number of carbonyl (C=O) groups excluding carboxylic acids is 1. The van der Waals surface area contributed by atoms with Crippen LogP contribution in [0.15, 0.2) is 36.5 Å². The molecule has 26 heavy (non-hydrogen) atoms. The molecule has 4 heteroatoms. The molecular formula is C22H32O4. The number of rotatable bonds is 9. The Morgan fingerprint density at radius 3 is 2.42 bits per heavy atom. The molecule has 1 saturated carbocycles. The van der Waals surface area contributed by atoms with Crippen LogP contribution in [0.1, 0.15) is 58.3 Å². The molecule has 0 radical (unpaired) electrons. The van der Waals surface area contributed by atoms with E-state index in [0.29, 0.717) is 25.2 Å². The van der Waals surface area contributed by atoms with E-state index >= 15 is 0 Å². The van der Waals surface area contributed by atoms with Gasteiger partial charge in [0.2, 0.25) is 0 Å². The molecule has 3 atom stereocenters. The summed E-state index contributed by atoms with van der Waals surface area (Å²) in [4.78, 5) is 10.8. The van der Waals surface area contributed by atoms with Crippen molar-refractivity contribution in [3.05, 3.63) is 36.5 Å². The molecule has 0 spiro atoms. The van der Waals surface area contributed by atoms with Crippen molar-refractivity contribution in [2.45, 2.75) is 76.6 Å². The van der Waals surface area contributed by atoms with Crippen molar-refractivity contribution in [3.63, 3.8) is 0 Å². The lowest BCUT2D eigenvalue weighted by atomic mass is 9.85. The van der Waals surface area contributed by atoms with Crippen molar-refractivity contribution in [2.24, 2.45) is 5.92 Å². The molecule has 0 bridgehead atoms. The highest BCUT2D eigenvalue weighted by Crippen LogP contribution is 2.26. The van der Waals surface area contributed by atoms with Gasteiger partial charge in [0, 0.05) is 6.42 Å². The minimum absolute atomic E-state index is 0.0871. The third kappa shape index (κ3) is 10.4. The van der Waals surface area contributed by atoms with Crippen LogP contribution >= 0.6 is 0 Å². The zero-order valence-corrected chi connectivity index (χ0v) is 15.7. The van der Waals surface area contributed by atoms with Gasteiger partial charge in [0.1, 0.15) is 5.78 Å². The first-order chi connectivity index (χ1) is 12.5. The van der Waals surface area contributed by atoms with Crippen molar-refractivity contribution in [1.82, 2.24) is 0 Å². The summed E-state index contributed by atoms with van der Waals surface area (Å²) in [6.45, 7) is 1.51. The lowest BCUT2D eigenvalue weighted by Crippen LogP contribution is -2.23. The zero-order chi connectivity index (χ0) is 19.2. The summed E-state index contributed by atoms with van der Waals surface area (Å²) in [5.41, 5.74) is 0. The van der Waals surface area contributed by atoms with Crippen LogP contribution in [0.2, 0.25) is 0 Å². The van der Waals surface area contributed by atoms with Crippen LogP contribution in [0.5, 0.6) is 0 Å². The molecule has 3 N–H and O–H groups in total. The third-order valence-electron chi connectivity index (χ3n) is 4.61. The molecule has 1 aliphatic carbocycles. The summed E-state index contributed by atoms with van der Waals surface area (Å²) < 4.78 is 0. The number of Topliss-reactive ketones (excluding diaryl/α,β-unsaturated/α-hetero) is 1. The maximum atomic E-state index is 10.8. The minimum Gasteiger partial charge on any atom is -0.390 e. The predicted octanol–water partition coefficient (Wildman–Crippen LogP) is 3.08. The minimum atomic E-state index is -0.954. The van der Waals surface area contributed by atoms with E-state index in [1.54, 1.807) is 30.4 Å². The molecule has 0 aromatic carbocycles.